The van der Waals surface area contributed by atoms with Crippen LogP contribution in [0.5, 0.6) is 0 Å². The normalized spacial score (nSPS) is 10.8. The van der Waals surface area contributed by atoms with Crippen molar-refractivity contribution in [3.8, 4) is 11.1 Å². The molecule has 3 aromatic rings. The number of aryl methyl sites for hydroxylation is 2. The van der Waals surface area contributed by atoms with E-state index in [1.54, 1.807) is 0 Å². The molecule has 0 atom stereocenters. The molecule has 0 N–H and O–H groups in total. The third-order valence-corrected chi connectivity index (χ3v) is 4.95. The van der Waals surface area contributed by atoms with Crippen LogP contribution >= 0.6 is 17.0 Å². The third-order valence-electron chi connectivity index (χ3n) is 4.95. The zero-order valence-corrected chi connectivity index (χ0v) is 20.8. The van der Waals surface area contributed by atoms with Gasteiger partial charge in [0, 0.05) is 0 Å². The molecule has 0 heterocycles. The molecule has 0 bridgehead atoms. The fourth-order valence-corrected chi connectivity index (χ4v) is 3.85. The zero-order chi connectivity index (χ0) is 19.8. The molecule has 0 saturated carbocycles. The molecule has 0 unspecified atom stereocenters. The number of hydrogen-bond donors (Lipinski definition) is 0. The second-order valence-electron chi connectivity index (χ2n) is 7.28. The summed E-state index contributed by atoms with van der Waals surface area (Å²) in [7, 11) is 9.87. The fraction of sp³-hybridized carbons (Fsp3) is 0.375. The number of rotatable bonds is 6. The summed E-state index contributed by atoms with van der Waals surface area (Å²) in [4.78, 5) is 0. The van der Waals surface area contributed by atoms with Gasteiger partial charge in [-0.15, -0.1) is 34.5 Å². The average molecular weight is 480 g/mol. The molecule has 0 aliphatic heterocycles. The van der Waals surface area contributed by atoms with E-state index >= 15 is 0 Å². The number of halogens is 2. The van der Waals surface area contributed by atoms with Gasteiger partial charge in [-0.25, -0.2) is 0 Å². The van der Waals surface area contributed by atoms with Crippen LogP contribution in [0.25, 0.3) is 21.9 Å². The molecule has 27 heavy (non-hydrogen) atoms. The van der Waals surface area contributed by atoms with Crippen LogP contribution in [-0.2, 0) is 33.7 Å². The molecule has 0 fully saturated rings. The van der Waals surface area contributed by atoms with Gasteiger partial charge in [-0.05, 0) is 29.9 Å². The second kappa shape index (κ2) is 11.5. The molecular weight excluding hydrogens is 450 g/mol. The second-order valence-corrected chi connectivity index (χ2v) is 11.0. The van der Waals surface area contributed by atoms with E-state index in [-0.39, 0.29) is 0 Å². The van der Waals surface area contributed by atoms with Crippen molar-refractivity contribution in [1.82, 2.24) is 0 Å². The van der Waals surface area contributed by atoms with Crippen molar-refractivity contribution in [2.75, 3.05) is 0 Å². The van der Waals surface area contributed by atoms with Crippen LogP contribution in [0.4, 0.5) is 0 Å². The molecule has 3 aromatic carbocycles. The average Bonchev–Trinajstić information content (AvgIpc) is 3.05. The molecule has 0 aliphatic carbocycles. The van der Waals surface area contributed by atoms with Crippen molar-refractivity contribution in [2.45, 2.75) is 59.3 Å². The van der Waals surface area contributed by atoms with Gasteiger partial charge in [-0.2, -0.15) is 6.07 Å². The number of hydrogen-bond acceptors (Lipinski definition) is 0. The van der Waals surface area contributed by atoms with Crippen molar-refractivity contribution < 1.29 is 20.8 Å². The van der Waals surface area contributed by atoms with Gasteiger partial charge in [-0.3, -0.25) is 0 Å². The van der Waals surface area contributed by atoms with Gasteiger partial charge in [0.1, 0.15) is 0 Å². The van der Waals surface area contributed by atoms with Gasteiger partial charge < -0.3 is 0 Å². The molecule has 144 valence electrons. The predicted octanol–water partition coefficient (Wildman–Crippen LogP) is 8.63. The molecule has 0 aromatic heterocycles. The van der Waals surface area contributed by atoms with Gasteiger partial charge in [0.15, 0.2) is 0 Å². The van der Waals surface area contributed by atoms with E-state index in [0.29, 0.717) is 5.92 Å². The van der Waals surface area contributed by atoms with E-state index in [1.165, 1.54) is 57.9 Å². The van der Waals surface area contributed by atoms with Crippen molar-refractivity contribution in [3.63, 3.8) is 0 Å². The molecular formula is C24H29Cl2Zr-. The van der Waals surface area contributed by atoms with Gasteiger partial charge in [0.25, 0.3) is 0 Å². The van der Waals surface area contributed by atoms with E-state index in [4.69, 9.17) is 17.0 Å². The zero-order valence-electron chi connectivity index (χ0n) is 16.8. The summed E-state index contributed by atoms with van der Waals surface area (Å²) in [5.41, 5.74) is 7.33. The molecule has 0 nitrogen and oxygen atoms in total. The van der Waals surface area contributed by atoms with Crippen LogP contribution < -0.4 is 0 Å². The summed E-state index contributed by atoms with van der Waals surface area (Å²) in [6.07, 6.45) is 4.70. The Bertz CT molecular complexity index is 849. The van der Waals surface area contributed by atoms with E-state index < -0.39 is 20.8 Å². The van der Waals surface area contributed by atoms with Crippen LogP contribution in [0.2, 0.25) is 0 Å². The Balaban J connectivity index is 0.000000817. The summed E-state index contributed by atoms with van der Waals surface area (Å²) < 4.78 is 0. The Hall–Kier alpha value is -0.487. The molecule has 0 aliphatic rings. The predicted molar refractivity (Wildman–Crippen MR) is 119 cm³/mol. The molecule has 3 rings (SSSR count). The van der Waals surface area contributed by atoms with Gasteiger partial charge in [0.05, 0.1) is 0 Å². The summed E-state index contributed by atoms with van der Waals surface area (Å²) in [5.74, 6) is 0.538. The van der Waals surface area contributed by atoms with Crippen LogP contribution in [0, 0.1) is 0 Å². The maximum atomic E-state index is 4.93. The summed E-state index contributed by atoms with van der Waals surface area (Å²) in [6, 6.07) is 18.5. The molecule has 3 heteroatoms. The Labute approximate surface area is 183 Å². The summed E-state index contributed by atoms with van der Waals surface area (Å²) in [5, 5.41) is 2.84. The Morgan fingerprint density at radius 2 is 1.63 bits per heavy atom. The first-order valence-electron chi connectivity index (χ1n) is 9.84. The minimum absolute atomic E-state index is 0.538. The standard InChI is InChI=1S/C24H29.2ClH.Zr/c1-5-9-18-15-20-14-13-19(10-6-2)24(23(20)16-18)22-12-8-7-11-21(22)17(3)4;;;/h7-8,11-17H,5-6,9-10H2,1-4H3;2*1H;/q-1;;;+2/p-2. The SMILES string of the molecule is CCCc1cc2c(-c3ccccc3C(C)C)c(CCC)ccc2[cH-]1.[Cl][Zr][Cl]. The fourth-order valence-electron chi connectivity index (χ4n) is 3.85. The van der Waals surface area contributed by atoms with Crippen molar-refractivity contribution in [1.29, 1.82) is 0 Å². The van der Waals surface area contributed by atoms with Gasteiger partial charge in [0.2, 0.25) is 0 Å². The molecule has 0 amide bonds. The Kier molecular flexibility index (Phi) is 9.71. The quantitative estimate of drug-likeness (QED) is 0.310. The maximum absolute atomic E-state index is 4.93. The minimum atomic E-state index is -0.826. The van der Waals surface area contributed by atoms with E-state index in [0.717, 1.165) is 6.42 Å². The number of benzene rings is 2. The molecule has 0 spiro atoms. The third kappa shape index (κ3) is 5.75. The van der Waals surface area contributed by atoms with Gasteiger partial charge in [-0.1, -0.05) is 75.9 Å². The van der Waals surface area contributed by atoms with Crippen LogP contribution in [-0.4, -0.2) is 0 Å². The molecule has 0 saturated heterocycles. The van der Waals surface area contributed by atoms with E-state index in [2.05, 4.69) is 76.2 Å². The first-order chi connectivity index (χ1) is 13.1. The van der Waals surface area contributed by atoms with E-state index in [9.17, 15) is 0 Å². The van der Waals surface area contributed by atoms with Crippen molar-refractivity contribution in [2.24, 2.45) is 0 Å². The summed E-state index contributed by atoms with van der Waals surface area (Å²) >= 11 is -0.826. The van der Waals surface area contributed by atoms with Gasteiger partial charge >= 0.3 is 37.9 Å². The monoisotopic (exact) mass is 477 g/mol. The Morgan fingerprint density at radius 1 is 0.963 bits per heavy atom. The molecule has 0 radical (unpaired) electrons. The summed E-state index contributed by atoms with van der Waals surface area (Å²) in [6.45, 7) is 9.13. The topological polar surface area (TPSA) is 0 Å². The first kappa shape index (κ1) is 22.8. The Morgan fingerprint density at radius 3 is 2.26 bits per heavy atom. The van der Waals surface area contributed by atoms with Crippen LogP contribution in [0.3, 0.4) is 0 Å². The van der Waals surface area contributed by atoms with Crippen molar-refractivity contribution in [3.05, 3.63) is 65.2 Å². The van der Waals surface area contributed by atoms with Crippen LogP contribution in [0.1, 0.15) is 63.1 Å². The van der Waals surface area contributed by atoms with Crippen LogP contribution in [0.15, 0.2) is 48.5 Å². The van der Waals surface area contributed by atoms with Crippen molar-refractivity contribution >= 4 is 27.8 Å². The first-order valence-corrected chi connectivity index (χ1v) is 16.2. The number of fused-ring (bicyclic) bond motifs is 1. The van der Waals surface area contributed by atoms with E-state index in [1.807, 2.05) is 0 Å².